The highest BCUT2D eigenvalue weighted by atomic mass is 31.2. The summed E-state index contributed by atoms with van der Waals surface area (Å²) in [5, 5.41) is 3.41. The van der Waals surface area contributed by atoms with Crippen LogP contribution in [-0.2, 0) is 15.8 Å². The monoisotopic (exact) mass is 490 g/mol. The van der Waals surface area contributed by atoms with Crippen molar-refractivity contribution in [2.75, 3.05) is 47.1 Å². The first-order chi connectivity index (χ1) is 17.1. The van der Waals surface area contributed by atoms with Gasteiger partial charge in [0.05, 0.1) is 27.4 Å². The van der Waals surface area contributed by atoms with Crippen molar-refractivity contribution >= 4 is 34.0 Å². The molecule has 0 N–H and O–H groups in total. The lowest BCUT2D eigenvalue weighted by atomic mass is 10.2. The van der Waals surface area contributed by atoms with Crippen LogP contribution in [0.15, 0.2) is 79.0 Å². The van der Waals surface area contributed by atoms with Gasteiger partial charge in [0.2, 0.25) is 0 Å². The lowest BCUT2D eigenvalue weighted by Crippen LogP contribution is -2.38. The van der Waals surface area contributed by atoms with E-state index in [0.717, 1.165) is 77.7 Å². The van der Waals surface area contributed by atoms with E-state index in [1.807, 2.05) is 60.7 Å². The number of fused-ring (bicyclic) bond motifs is 1. The van der Waals surface area contributed by atoms with Gasteiger partial charge in [-0.25, -0.2) is 0 Å². The van der Waals surface area contributed by atoms with Crippen molar-refractivity contribution in [3.63, 3.8) is 0 Å². The van der Waals surface area contributed by atoms with Gasteiger partial charge in [0, 0.05) is 59.2 Å². The van der Waals surface area contributed by atoms with E-state index < -0.39 is 7.14 Å². The molecule has 1 fully saturated rings. The molecular formula is C28H31N2O4P. The summed E-state index contributed by atoms with van der Waals surface area (Å²) in [4.78, 5) is 2.43. The minimum atomic E-state index is -3.17. The van der Waals surface area contributed by atoms with Gasteiger partial charge in [0.25, 0.3) is 0 Å². The lowest BCUT2D eigenvalue weighted by Gasteiger charge is -2.26. The van der Waals surface area contributed by atoms with Crippen molar-refractivity contribution in [2.45, 2.75) is 6.54 Å². The Morgan fingerprint density at radius 2 is 1.40 bits per heavy atom. The van der Waals surface area contributed by atoms with Crippen molar-refractivity contribution in [1.82, 2.24) is 9.47 Å². The van der Waals surface area contributed by atoms with Gasteiger partial charge in [0.15, 0.2) is 7.14 Å². The Morgan fingerprint density at radius 3 is 1.97 bits per heavy atom. The average Bonchev–Trinajstić information content (AvgIpc) is 3.35. The second-order valence-corrected chi connectivity index (χ2v) is 11.4. The second kappa shape index (κ2) is 10.3. The third-order valence-electron chi connectivity index (χ3n) is 6.76. The maximum atomic E-state index is 15.1. The Labute approximate surface area is 206 Å². The molecule has 7 heteroatoms. The molecule has 4 aromatic rings. The van der Waals surface area contributed by atoms with Gasteiger partial charge in [-0.05, 0) is 60.7 Å². The van der Waals surface area contributed by atoms with Crippen LogP contribution in [0.1, 0.15) is 0 Å². The van der Waals surface area contributed by atoms with E-state index >= 15 is 4.57 Å². The molecule has 1 saturated heterocycles. The van der Waals surface area contributed by atoms with Gasteiger partial charge in [0.1, 0.15) is 11.5 Å². The summed E-state index contributed by atoms with van der Waals surface area (Å²) in [5.74, 6) is 1.48. The van der Waals surface area contributed by atoms with Gasteiger partial charge >= 0.3 is 0 Å². The molecule has 1 aromatic heterocycles. The van der Waals surface area contributed by atoms with Crippen LogP contribution in [0.3, 0.4) is 0 Å². The molecule has 35 heavy (non-hydrogen) atoms. The first kappa shape index (κ1) is 23.7. The van der Waals surface area contributed by atoms with E-state index in [9.17, 15) is 0 Å². The molecule has 0 saturated carbocycles. The standard InChI is InChI=1S/C28H31N2O4P/c1-32-22-6-10-24(11-7-22)35(31,25-12-8-23(33-2)9-13-25)28-5-3-4-27-26(28)14-15-30(27)17-16-29-18-20-34-21-19-29/h3-15H,16-21H2,1-2H3. The zero-order valence-corrected chi connectivity index (χ0v) is 21.1. The Balaban J connectivity index is 1.58. The van der Waals surface area contributed by atoms with Crippen LogP contribution in [0.5, 0.6) is 11.5 Å². The van der Waals surface area contributed by atoms with Gasteiger partial charge in [-0.2, -0.15) is 0 Å². The maximum absolute atomic E-state index is 15.1. The van der Waals surface area contributed by atoms with Crippen molar-refractivity contribution in [1.29, 1.82) is 0 Å². The van der Waals surface area contributed by atoms with E-state index in [1.165, 1.54) is 0 Å². The Hall–Kier alpha value is -3.05. The van der Waals surface area contributed by atoms with E-state index in [2.05, 4.69) is 27.8 Å². The van der Waals surface area contributed by atoms with Crippen molar-refractivity contribution < 1.29 is 18.8 Å². The molecule has 1 aliphatic heterocycles. The number of hydrogen-bond acceptors (Lipinski definition) is 5. The Bertz CT molecular complexity index is 1270. The Morgan fingerprint density at radius 1 is 0.800 bits per heavy atom. The highest BCUT2D eigenvalue weighted by Crippen LogP contribution is 2.45. The highest BCUT2D eigenvalue weighted by molar-refractivity contribution is 7.85. The summed E-state index contributed by atoms with van der Waals surface area (Å²) in [7, 11) is 0.109. The molecule has 182 valence electrons. The second-order valence-electron chi connectivity index (χ2n) is 8.68. The summed E-state index contributed by atoms with van der Waals surface area (Å²) in [6.45, 7) is 5.37. The molecule has 5 rings (SSSR count). The van der Waals surface area contributed by atoms with E-state index in [-0.39, 0.29) is 0 Å². The van der Waals surface area contributed by atoms with Crippen LogP contribution in [0.4, 0.5) is 0 Å². The van der Waals surface area contributed by atoms with Crippen LogP contribution in [-0.4, -0.2) is 56.5 Å². The van der Waals surface area contributed by atoms with Crippen molar-refractivity contribution in [3.8, 4) is 11.5 Å². The molecule has 0 radical (unpaired) electrons. The SMILES string of the molecule is COc1ccc(P(=O)(c2ccc(OC)cc2)c2cccc3c2ccn3CCN2CCOCC2)cc1. The number of aromatic nitrogens is 1. The number of benzene rings is 3. The molecular weight excluding hydrogens is 459 g/mol. The van der Waals surface area contributed by atoms with Crippen LogP contribution >= 0.6 is 7.14 Å². The molecule has 1 aliphatic rings. The fourth-order valence-electron chi connectivity index (χ4n) is 4.76. The van der Waals surface area contributed by atoms with Gasteiger partial charge < -0.3 is 23.3 Å². The quantitative estimate of drug-likeness (QED) is 0.353. The maximum Gasteiger partial charge on any atom is 0.171 e. The number of rotatable bonds is 8. The number of nitrogens with zero attached hydrogens (tertiary/aromatic N) is 2. The molecule has 0 unspecified atom stereocenters. The molecule has 0 atom stereocenters. The first-order valence-electron chi connectivity index (χ1n) is 11.9. The molecule has 0 amide bonds. The molecule has 0 bridgehead atoms. The predicted molar refractivity (Wildman–Crippen MR) is 142 cm³/mol. The third kappa shape index (κ3) is 4.62. The average molecular weight is 491 g/mol. The summed E-state index contributed by atoms with van der Waals surface area (Å²) >= 11 is 0. The van der Waals surface area contributed by atoms with Crippen LogP contribution in [0.25, 0.3) is 10.9 Å². The van der Waals surface area contributed by atoms with E-state index in [4.69, 9.17) is 14.2 Å². The largest absolute Gasteiger partial charge is 0.497 e. The number of hydrogen-bond donors (Lipinski definition) is 0. The highest BCUT2D eigenvalue weighted by Gasteiger charge is 2.32. The minimum Gasteiger partial charge on any atom is -0.497 e. The topological polar surface area (TPSA) is 52.9 Å². The van der Waals surface area contributed by atoms with Gasteiger partial charge in [-0.3, -0.25) is 4.90 Å². The number of morpholine rings is 1. The summed E-state index contributed by atoms with van der Waals surface area (Å²) < 4.78 is 33.6. The van der Waals surface area contributed by atoms with Crippen LogP contribution in [0, 0.1) is 0 Å². The third-order valence-corrected chi connectivity index (χ3v) is 9.88. The summed E-state index contributed by atoms with van der Waals surface area (Å²) in [6, 6.07) is 23.4. The predicted octanol–water partition coefficient (Wildman–Crippen LogP) is 3.63. The number of methoxy groups -OCH3 is 2. The molecule has 3 aromatic carbocycles. The van der Waals surface area contributed by atoms with Gasteiger partial charge in [-0.15, -0.1) is 0 Å². The fraction of sp³-hybridized carbons (Fsp3) is 0.286. The van der Waals surface area contributed by atoms with Gasteiger partial charge in [-0.1, -0.05) is 12.1 Å². The molecule has 2 heterocycles. The zero-order valence-electron chi connectivity index (χ0n) is 20.2. The fourth-order valence-corrected chi connectivity index (χ4v) is 7.58. The lowest BCUT2D eigenvalue weighted by molar-refractivity contribution is 0.0365. The van der Waals surface area contributed by atoms with Crippen LogP contribution in [0.2, 0.25) is 0 Å². The normalized spacial score (nSPS) is 14.8. The molecule has 0 spiro atoms. The van der Waals surface area contributed by atoms with Crippen molar-refractivity contribution in [3.05, 3.63) is 79.0 Å². The minimum absolute atomic E-state index is 0.738. The smallest absolute Gasteiger partial charge is 0.171 e. The Kier molecular flexibility index (Phi) is 6.96. The first-order valence-corrected chi connectivity index (χ1v) is 13.6. The molecule has 0 aliphatic carbocycles. The number of ether oxygens (including phenoxy) is 3. The van der Waals surface area contributed by atoms with Crippen molar-refractivity contribution in [2.24, 2.45) is 0 Å². The van der Waals surface area contributed by atoms with E-state index in [0.29, 0.717) is 0 Å². The van der Waals surface area contributed by atoms with E-state index in [1.54, 1.807) is 14.2 Å². The summed E-state index contributed by atoms with van der Waals surface area (Å²) in [5.41, 5.74) is 1.10. The zero-order chi connectivity index (χ0) is 24.3. The van der Waals surface area contributed by atoms with Crippen LogP contribution < -0.4 is 25.4 Å². The molecule has 6 nitrogen and oxygen atoms in total. The summed E-state index contributed by atoms with van der Waals surface area (Å²) in [6.07, 6.45) is 2.11.